The summed E-state index contributed by atoms with van der Waals surface area (Å²) in [5.41, 5.74) is 0.0170. The summed E-state index contributed by atoms with van der Waals surface area (Å²) in [4.78, 5) is 14.5. The normalized spacial score (nSPS) is 26.8. The fraction of sp³-hybridized carbons (Fsp3) is 0.611. The Kier molecular flexibility index (Phi) is 5.06. The Morgan fingerprint density at radius 1 is 1.50 bits per heavy atom. The molecule has 24 heavy (non-hydrogen) atoms. The molecule has 0 aromatic heterocycles. The van der Waals surface area contributed by atoms with E-state index >= 15 is 0 Å². The first-order chi connectivity index (χ1) is 11.6. The third-order valence-corrected chi connectivity index (χ3v) is 4.80. The second kappa shape index (κ2) is 7.07. The number of piperidine rings is 1. The van der Waals surface area contributed by atoms with Gasteiger partial charge in [-0.2, -0.15) is 0 Å². The molecule has 6 heteroatoms. The summed E-state index contributed by atoms with van der Waals surface area (Å²) >= 11 is 0. The zero-order valence-corrected chi connectivity index (χ0v) is 14.2. The Hall–Kier alpha value is -1.66. The van der Waals surface area contributed by atoms with E-state index in [4.69, 9.17) is 14.2 Å². The molecule has 2 fully saturated rings. The van der Waals surface area contributed by atoms with Crippen molar-refractivity contribution in [3.8, 4) is 5.75 Å². The Morgan fingerprint density at radius 3 is 3.04 bits per heavy atom. The van der Waals surface area contributed by atoms with Gasteiger partial charge in [0.2, 0.25) is 0 Å². The van der Waals surface area contributed by atoms with E-state index in [1.165, 1.54) is 19.2 Å². The summed E-state index contributed by atoms with van der Waals surface area (Å²) in [5, 5.41) is 0. The monoisotopic (exact) mass is 337 g/mol. The lowest BCUT2D eigenvalue weighted by Crippen LogP contribution is -2.50. The number of halogens is 1. The molecule has 1 aromatic rings. The summed E-state index contributed by atoms with van der Waals surface area (Å²) in [6, 6.07) is 4.32. The molecule has 0 aliphatic carbocycles. The van der Waals surface area contributed by atoms with Crippen molar-refractivity contribution < 1.29 is 23.4 Å². The number of methoxy groups -OCH3 is 1. The van der Waals surface area contributed by atoms with Crippen molar-refractivity contribution in [2.24, 2.45) is 0 Å². The largest absolute Gasteiger partial charge is 0.494 e. The molecule has 1 spiro atoms. The van der Waals surface area contributed by atoms with Crippen LogP contribution >= 0.6 is 0 Å². The van der Waals surface area contributed by atoms with Gasteiger partial charge in [-0.1, -0.05) is 0 Å². The van der Waals surface area contributed by atoms with Gasteiger partial charge in [-0.15, -0.1) is 0 Å². The van der Waals surface area contributed by atoms with Crippen LogP contribution in [0.25, 0.3) is 0 Å². The number of amides is 1. The molecule has 0 radical (unpaired) electrons. The number of nitrogens with zero attached hydrogens (tertiary/aromatic N) is 1. The Bertz CT molecular complexity index is 609. The first-order valence-corrected chi connectivity index (χ1v) is 8.45. The van der Waals surface area contributed by atoms with Gasteiger partial charge in [0.1, 0.15) is 0 Å². The quantitative estimate of drug-likeness (QED) is 0.847. The highest BCUT2D eigenvalue weighted by Gasteiger charge is 2.44. The summed E-state index contributed by atoms with van der Waals surface area (Å²) in [6.07, 6.45) is 2.71. The first kappa shape index (κ1) is 17.2. The van der Waals surface area contributed by atoms with Crippen molar-refractivity contribution in [1.82, 2.24) is 4.90 Å². The van der Waals surface area contributed by atoms with Crippen LogP contribution in [0.4, 0.5) is 4.39 Å². The summed E-state index contributed by atoms with van der Waals surface area (Å²) < 4.78 is 30.4. The molecule has 0 bridgehead atoms. The molecule has 2 saturated heterocycles. The fourth-order valence-corrected chi connectivity index (χ4v) is 3.68. The maximum atomic E-state index is 13.9. The van der Waals surface area contributed by atoms with Crippen molar-refractivity contribution >= 4 is 5.91 Å². The van der Waals surface area contributed by atoms with E-state index in [-0.39, 0.29) is 23.4 Å². The number of likely N-dealkylation sites (tertiary alicyclic amines) is 1. The van der Waals surface area contributed by atoms with Crippen LogP contribution in [0, 0.1) is 5.82 Å². The van der Waals surface area contributed by atoms with Gasteiger partial charge in [0, 0.05) is 25.1 Å². The van der Waals surface area contributed by atoms with Crippen LogP contribution in [0.3, 0.4) is 0 Å². The Balaban J connectivity index is 1.70. The summed E-state index contributed by atoms with van der Waals surface area (Å²) in [6.45, 7) is 4.41. The summed E-state index contributed by atoms with van der Waals surface area (Å²) in [5.74, 6) is -0.553. The Morgan fingerprint density at radius 2 is 2.33 bits per heavy atom. The zero-order valence-electron chi connectivity index (χ0n) is 14.2. The number of hydrogen-bond donors (Lipinski definition) is 0. The van der Waals surface area contributed by atoms with E-state index in [9.17, 15) is 9.18 Å². The molecule has 3 rings (SSSR count). The van der Waals surface area contributed by atoms with Gasteiger partial charge >= 0.3 is 0 Å². The van der Waals surface area contributed by atoms with E-state index in [0.717, 1.165) is 19.3 Å². The number of carbonyl (C=O) groups is 1. The lowest BCUT2D eigenvalue weighted by atomic mass is 9.89. The van der Waals surface area contributed by atoms with Crippen molar-refractivity contribution in [3.05, 3.63) is 29.6 Å². The topological polar surface area (TPSA) is 48.0 Å². The van der Waals surface area contributed by atoms with Gasteiger partial charge in [0.05, 0.1) is 32.0 Å². The molecule has 2 aliphatic rings. The lowest BCUT2D eigenvalue weighted by Gasteiger charge is -2.39. The minimum atomic E-state index is -0.524. The smallest absolute Gasteiger partial charge is 0.254 e. The molecule has 5 nitrogen and oxygen atoms in total. The van der Waals surface area contributed by atoms with E-state index in [1.807, 2.05) is 6.92 Å². The van der Waals surface area contributed by atoms with Gasteiger partial charge in [-0.05, 0) is 38.0 Å². The van der Waals surface area contributed by atoms with Crippen LogP contribution in [-0.2, 0) is 9.47 Å². The predicted octanol–water partition coefficient (Wildman–Crippen LogP) is 2.63. The van der Waals surface area contributed by atoms with E-state index < -0.39 is 5.82 Å². The minimum Gasteiger partial charge on any atom is -0.494 e. The molecule has 0 saturated carbocycles. The predicted molar refractivity (Wildman–Crippen MR) is 86.8 cm³/mol. The number of rotatable bonds is 4. The molecule has 0 N–H and O–H groups in total. The van der Waals surface area contributed by atoms with Crippen molar-refractivity contribution in [2.75, 3.05) is 33.4 Å². The number of hydrogen-bond acceptors (Lipinski definition) is 4. The highest BCUT2D eigenvalue weighted by Crippen LogP contribution is 2.36. The maximum Gasteiger partial charge on any atom is 0.254 e. The molecule has 1 aromatic carbocycles. The second-order valence-corrected chi connectivity index (χ2v) is 6.46. The molecule has 0 unspecified atom stereocenters. The van der Waals surface area contributed by atoms with Crippen molar-refractivity contribution in [2.45, 2.75) is 37.9 Å². The third kappa shape index (κ3) is 3.39. The number of carbonyl (C=O) groups excluding carboxylic acids is 1. The SMILES string of the molecule is CCO[C@H]1CO[C@@]2(CCCN(C(=O)c3ccc(OC)c(F)c3)C2)C1. The van der Waals surface area contributed by atoms with Crippen LogP contribution in [0.15, 0.2) is 18.2 Å². The highest BCUT2D eigenvalue weighted by molar-refractivity contribution is 5.94. The third-order valence-electron chi connectivity index (χ3n) is 4.80. The molecular weight excluding hydrogens is 313 g/mol. The van der Waals surface area contributed by atoms with Gasteiger partial charge < -0.3 is 19.1 Å². The van der Waals surface area contributed by atoms with E-state index in [2.05, 4.69) is 0 Å². The van der Waals surface area contributed by atoms with E-state index in [1.54, 1.807) is 11.0 Å². The van der Waals surface area contributed by atoms with Crippen LogP contribution in [-0.4, -0.2) is 55.9 Å². The standard InChI is InChI=1S/C18H24FNO4/c1-3-23-14-10-18(24-11-14)7-4-8-20(12-18)17(21)13-5-6-16(22-2)15(19)9-13/h5-6,9,14H,3-4,7-8,10-12H2,1-2H3/t14-,18+/m1/s1. The van der Waals surface area contributed by atoms with Crippen LogP contribution in [0.1, 0.15) is 36.5 Å². The average Bonchev–Trinajstić information content (AvgIpc) is 2.96. The van der Waals surface area contributed by atoms with Crippen LogP contribution in [0.5, 0.6) is 5.75 Å². The lowest BCUT2D eigenvalue weighted by molar-refractivity contribution is -0.0462. The van der Waals surface area contributed by atoms with Gasteiger partial charge in [-0.25, -0.2) is 4.39 Å². The second-order valence-electron chi connectivity index (χ2n) is 6.46. The molecule has 1 amide bonds. The fourth-order valence-electron chi connectivity index (χ4n) is 3.68. The van der Waals surface area contributed by atoms with E-state index in [0.29, 0.717) is 31.9 Å². The number of benzene rings is 1. The number of ether oxygens (including phenoxy) is 3. The molecule has 132 valence electrons. The van der Waals surface area contributed by atoms with Crippen LogP contribution < -0.4 is 4.74 Å². The molecular formula is C18H24FNO4. The highest BCUT2D eigenvalue weighted by atomic mass is 19.1. The minimum absolute atomic E-state index is 0.100. The Labute approximate surface area is 141 Å². The molecule has 2 heterocycles. The van der Waals surface area contributed by atoms with Gasteiger partial charge in [0.25, 0.3) is 5.91 Å². The molecule has 2 atom stereocenters. The van der Waals surface area contributed by atoms with Crippen molar-refractivity contribution in [3.63, 3.8) is 0 Å². The van der Waals surface area contributed by atoms with Gasteiger partial charge in [-0.3, -0.25) is 4.79 Å². The van der Waals surface area contributed by atoms with Gasteiger partial charge in [0.15, 0.2) is 11.6 Å². The molecule has 2 aliphatic heterocycles. The average molecular weight is 337 g/mol. The first-order valence-electron chi connectivity index (χ1n) is 8.45. The van der Waals surface area contributed by atoms with Crippen LogP contribution in [0.2, 0.25) is 0 Å². The summed E-state index contributed by atoms with van der Waals surface area (Å²) in [7, 11) is 1.40. The van der Waals surface area contributed by atoms with Crippen molar-refractivity contribution in [1.29, 1.82) is 0 Å². The maximum absolute atomic E-state index is 13.9. The zero-order chi connectivity index (χ0) is 17.2.